The largest absolute Gasteiger partial charge is 0.325 e. The normalized spacial score (nSPS) is 12.2. The van der Waals surface area contributed by atoms with E-state index < -0.39 is 10.0 Å². The summed E-state index contributed by atoms with van der Waals surface area (Å²) < 4.78 is 22.7. The van der Waals surface area contributed by atoms with Crippen molar-refractivity contribution in [1.82, 2.24) is 4.90 Å². The fourth-order valence-electron chi connectivity index (χ4n) is 2.39. The Morgan fingerprint density at radius 2 is 1.74 bits per heavy atom. The molecule has 130 valence electrons. The molecule has 3 N–H and O–H groups in total. The first-order valence-electron chi connectivity index (χ1n) is 7.73. The molecule has 0 radical (unpaired) electrons. The number of nitrogens with one attached hydrogen (secondary N) is 1. The second kappa shape index (κ2) is 8.42. The second-order valence-corrected chi connectivity index (χ2v) is 8.16. The molecule has 0 aliphatic rings. The van der Waals surface area contributed by atoms with Crippen LogP contribution in [0.15, 0.2) is 29.2 Å². The number of sulfonamides is 1. The maximum absolute atomic E-state index is 12.2. The number of primary sulfonamides is 1. The maximum atomic E-state index is 12.2. The number of nitrogens with zero attached hydrogens (tertiary/aromatic N) is 1. The molecule has 1 rings (SSSR count). The van der Waals surface area contributed by atoms with Crippen LogP contribution >= 0.6 is 0 Å². The van der Waals surface area contributed by atoms with Crippen LogP contribution in [-0.4, -0.2) is 38.9 Å². The van der Waals surface area contributed by atoms with Crippen LogP contribution in [0.4, 0.5) is 5.69 Å². The number of hydrogen-bond donors (Lipinski definition) is 2. The zero-order valence-corrected chi connectivity index (χ0v) is 15.1. The smallest absolute Gasteiger partial charge is 0.238 e. The highest BCUT2D eigenvalue weighted by atomic mass is 32.2. The van der Waals surface area contributed by atoms with Gasteiger partial charge < -0.3 is 5.32 Å². The Kier molecular flexibility index (Phi) is 7.18. The predicted octanol–water partition coefficient (Wildman–Crippen LogP) is 1.89. The van der Waals surface area contributed by atoms with Gasteiger partial charge in [-0.05, 0) is 30.0 Å². The first-order chi connectivity index (χ1) is 10.6. The fraction of sp³-hybridized carbons (Fsp3) is 0.562. The van der Waals surface area contributed by atoms with Crippen LogP contribution in [0, 0.1) is 11.8 Å². The molecule has 0 aliphatic carbocycles. The van der Waals surface area contributed by atoms with E-state index in [2.05, 4.69) is 37.9 Å². The Labute approximate surface area is 139 Å². The van der Waals surface area contributed by atoms with Gasteiger partial charge in [-0.1, -0.05) is 33.8 Å². The van der Waals surface area contributed by atoms with Gasteiger partial charge in [0.25, 0.3) is 0 Å². The molecule has 0 spiro atoms. The van der Waals surface area contributed by atoms with E-state index in [-0.39, 0.29) is 17.3 Å². The molecule has 0 aromatic heterocycles. The molecule has 1 amide bonds. The van der Waals surface area contributed by atoms with Crippen LogP contribution in [0.2, 0.25) is 0 Å². The average molecular weight is 341 g/mol. The molecule has 0 atom stereocenters. The van der Waals surface area contributed by atoms with Crippen LogP contribution in [0.5, 0.6) is 0 Å². The molecule has 1 aromatic carbocycles. The van der Waals surface area contributed by atoms with E-state index in [0.717, 1.165) is 13.1 Å². The van der Waals surface area contributed by atoms with Crippen molar-refractivity contribution in [2.45, 2.75) is 32.6 Å². The number of rotatable bonds is 8. The Hall–Kier alpha value is -1.44. The second-order valence-electron chi connectivity index (χ2n) is 6.60. The van der Waals surface area contributed by atoms with Gasteiger partial charge in [0, 0.05) is 18.8 Å². The summed E-state index contributed by atoms with van der Waals surface area (Å²) in [5.41, 5.74) is 0.426. The van der Waals surface area contributed by atoms with E-state index in [1.165, 1.54) is 12.1 Å². The number of carbonyl (C=O) groups is 1. The standard InChI is InChI=1S/C16H27N3O3S/c1-12(2)9-19(10-13(3)4)11-16(20)18-14-6-5-7-15(8-14)23(17,21)22/h5-8,12-13H,9-11H2,1-4H3,(H,18,20)(H2,17,21,22). The third kappa shape index (κ3) is 7.58. The SMILES string of the molecule is CC(C)CN(CC(=O)Nc1cccc(S(N)(=O)=O)c1)CC(C)C. The summed E-state index contributed by atoms with van der Waals surface area (Å²) in [6.45, 7) is 10.4. The summed E-state index contributed by atoms with van der Waals surface area (Å²) in [5.74, 6) is 0.761. The van der Waals surface area contributed by atoms with Crippen LogP contribution < -0.4 is 10.5 Å². The molecule has 0 aliphatic heterocycles. The van der Waals surface area contributed by atoms with Crippen molar-refractivity contribution >= 4 is 21.6 Å². The molecular formula is C16H27N3O3S. The average Bonchev–Trinajstić information content (AvgIpc) is 2.35. The monoisotopic (exact) mass is 341 g/mol. The molecule has 0 bridgehead atoms. The van der Waals surface area contributed by atoms with Gasteiger partial charge >= 0.3 is 0 Å². The van der Waals surface area contributed by atoms with Gasteiger partial charge in [-0.25, -0.2) is 13.6 Å². The maximum Gasteiger partial charge on any atom is 0.238 e. The number of hydrogen-bond acceptors (Lipinski definition) is 4. The van der Waals surface area contributed by atoms with Crippen LogP contribution in [0.1, 0.15) is 27.7 Å². The Morgan fingerprint density at radius 3 is 2.22 bits per heavy atom. The van der Waals surface area contributed by atoms with Gasteiger partial charge in [0.15, 0.2) is 0 Å². The van der Waals surface area contributed by atoms with Crippen molar-refractivity contribution in [2.24, 2.45) is 17.0 Å². The minimum atomic E-state index is -3.78. The summed E-state index contributed by atoms with van der Waals surface area (Å²) in [6.07, 6.45) is 0. The lowest BCUT2D eigenvalue weighted by Gasteiger charge is -2.25. The summed E-state index contributed by atoms with van der Waals surface area (Å²) in [7, 11) is -3.78. The summed E-state index contributed by atoms with van der Waals surface area (Å²) >= 11 is 0. The third-order valence-electron chi connectivity index (χ3n) is 3.06. The lowest BCUT2D eigenvalue weighted by Crippen LogP contribution is -2.38. The molecule has 0 saturated carbocycles. The number of nitrogens with two attached hydrogens (primary N) is 1. The minimum absolute atomic E-state index is 0.0171. The molecule has 1 aromatic rings. The van der Waals surface area contributed by atoms with Gasteiger partial charge in [-0.3, -0.25) is 9.69 Å². The van der Waals surface area contributed by atoms with E-state index in [0.29, 0.717) is 17.5 Å². The van der Waals surface area contributed by atoms with Gasteiger partial charge in [0.2, 0.25) is 15.9 Å². The number of amides is 1. The van der Waals surface area contributed by atoms with Gasteiger partial charge in [0.05, 0.1) is 11.4 Å². The van der Waals surface area contributed by atoms with Crippen molar-refractivity contribution < 1.29 is 13.2 Å². The summed E-state index contributed by atoms with van der Waals surface area (Å²) in [4.78, 5) is 14.3. The zero-order valence-electron chi connectivity index (χ0n) is 14.2. The molecule has 0 heterocycles. The van der Waals surface area contributed by atoms with Crippen molar-refractivity contribution in [3.8, 4) is 0 Å². The Balaban J connectivity index is 2.74. The molecule has 23 heavy (non-hydrogen) atoms. The topological polar surface area (TPSA) is 92.5 Å². The zero-order chi connectivity index (χ0) is 17.6. The van der Waals surface area contributed by atoms with Crippen molar-refractivity contribution in [3.63, 3.8) is 0 Å². The molecule has 6 nitrogen and oxygen atoms in total. The Morgan fingerprint density at radius 1 is 1.17 bits per heavy atom. The summed E-state index contributed by atoms with van der Waals surface area (Å²) in [6, 6.07) is 5.95. The van der Waals surface area contributed by atoms with Crippen molar-refractivity contribution in [2.75, 3.05) is 25.0 Å². The van der Waals surface area contributed by atoms with Crippen LogP contribution in [-0.2, 0) is 14.8 Å². The van der Waals surface area contributed by atoms with Crippen molar-refractivity contribution in [1.29, 1.82) is 0 Å². The lowest BCUT2D eigenvalue weighted by atomic mass is 10.1. The third-order valence-corrected chi connectivity index (χ3v) is 3.97. The number of benzene rings is 1. The van der Waals surface area contributed by atoms with E-state index in [9.17, 15) is 13.2 Å². The minimum Gasteiger partial charge on any atom is -0.325 e. The molecule has 7 heteroatoms. The first kappa shape index (κ1) is 19.6. The van der Waals surface area contributed by atoms with Gasteiger partial charge in [-0.15, -0.1) is 0 Å². The van der Waals surface area contributed by atoms with Crippen LogP contribution in [0.3, 0.4) is 0 Å². The lowest BCUT2D eigenvalue weighted by molar-refractivity contribution is -0.117. The molecular weight excluding hydrogens is 314 g/mol. The summed E-state index contributed by atoms with van der Waals surface area (Å²) in [5, 5.41) is 7.83. The van der Waals surface area contributed by atoms with E-state index in [1.807, 2.05) is 0 Å². The Bertz CT molecular complexity index is 617. The number of anilines is 1. The van der Waals surface area contributed by atoms with Crippen molar-refractivity contribution in [3.05, 3.63) is 24.3 Å². The molecule has 0 saturated heterocycles. The highest BCUT2D eigenvalue weighted by Gasteiger charge is 2.15. The van der Waals surface area contributed by atoms with E-state index in [4.69, 9.17) is 5.14 Å². The molecule has 0 unspecified atom stereocenters. The predicted molar refractivity (Wildman–Crippen MR) is 92.6 cm³/mol. The van der Waals surface area contributed by atoms with Crippen LogP contribution in [0.25, 0.3) is 0 Å². The van der Waals surface area contributed by atoms with E-state index in [1.54, 1.807) is 12.1 Å². The van der Waals surface area contributed by atoms with Gasteiger partial charge in [-0.2, -0.15) is 0 Å². The number of carbonyl (C=O) groups excluding carboxylic acids is 1. The van der Waals surface area contributed by atoms with E-state index >= 15 is 0 Å². The fourth-order valence-corrected chi connectivity index (χ4v) is 2.95. The molecule has 0 fully saturated rings. The highest BCUT2D eigenvalue weighted by molar-refractivity contribution is 7.89. The van der Waals surface area contributed by atoms with Gasteiger partial charge in [0.1, 0.15) is 0 Å². The first-order valence-corrected chi connectivity index (χ1v) is 9.27. The highest BCUT2D eigenvalue weighted by Crippen LogP contribution is 2.14. The quantitative estimate of drug-likeness (QED) is 0.755.